The summed E-state index contributed by atoms with van der Waals surface area (Å²) in [5.74, 6) is 0.272. The molecule has 2 N–H and O–H groups in total. The second-order valence-corrected chi connectivity index (χ2v) is 12.4. The predicted octanol–water partition coefficient (Wildman–Crippen LogP) is 3.40. The van der Waals surface area contributed by atoms with Crippen LogP contribution >= 0.6 is 0 Å². The Balaban J connectivity index is 1.40. The third kappa shape index (κ3) is 4.90. The number of hydrogen-bond donors (Lipinski definition) is 2. The maximum atomic E-state index is 13.0. The van der Waals surface area contributed by atoms with Gasteiger partial charge in [0.1, 0.15) is 0 Å². The monoisotopic (exact) mass is 497 g/mol. The quantitative estimate of drug-likeness (QED) is 0.539. The smallest absolute Gasteiger partial charge is 0.277 e. The molecule has 3 aromatic rings. The first kappa shape index (κ1) is 23.7. The normalized spacial score (nSPS) is 20.4. The highest BCUT2D eigenvalue weighted by molar-refractivity contribution is 7.90. The van der Waals surface area contributed by atoms with E-state index in [1.54, 1.807) is 28.9 Å². The molecule has 186 valence electrons. The van der Waals surface area contributed by atoms with Crippen LogP contribution in [0.2, 0.25) is 0 Å². The van der Waals surface area contributed by atoms with Crippen molar-refractivity contribution < 1.29 is 17.9 Å². The van der Waals surface area contributed by atoms with Gasteiger partial charge in [0.15, 0.2) is 21.3 Å². The van der Waals surface area contributed by atoms with Gasteiger partial charge >= 0.3 is 0 Å². The molecule has 1 amide bonds. The van der Waals surface area contributed by atoms with Crippen molar-refractivity contribution >= 4 is 21.6 Å². The van der Waals surface area contributed by atoms with Gasteiger partial charge in [-0.2, -0.15) is 10.2 Å². The maximum Gasteiger partial charge on any atom is 0.277 e. The first-order valence-electron chi connectivity index (χ1n) is 11.9. The molecule has 2 aliphatic rings. The fourth-order valence-electron chi connectivity index (χ4n) is 5.14. The minimum absolute atomic E-state index is 0.134. The van der Waals surface area contributed by atoms with Crippen LogP contribution in [-0.4, -0.2) is 53.8 Å². The summed E-state index contributed by atoms with van der Waals surface area (Å²) in [4.78, 5) is 13.3. The van der Waals surface area contributed by atoms with Gasteiger partial charge in [0, 0.05) is 42.3 Å². The van der Waals surface area contributed by atoms with E-state index in [9.17, 15) is 13.2 Å². The molecule has 0 saturated carbocycles. The molecule has 0 bridgehead atoms. The van der Waals surface area contributed by atoms with Gasteiger partial charge < -0.3 is 10.1 Å². The molecule has 1 saturated heterocycles. The number of H-pyrrole nitrogens is 1. The Labute approximate surface area is 205 Å². The van der Waals surface area contributed by atoms with Crippen LogP contribution < -0.4 is 5.32 Å². The van der Waals surface area contributed by atoms with Crippen LogP contribution in [0.1, 0.15) is 60.0 Å². The SMILES string of the molecule is CC1(C)CCc2c(C(=O)Nc3ccn(C(c4cccc(S(C)(=O)=O)c4)C4CCOC4)n3)n[nH]c2C1. The lowest BCUT2D eigenvalue weighted by molar-refractivity contribution is 0.102. The van der Waals surface area contributed by atoms with Crippen molar-refractivity contribution in [1.29, 1.82) is 0 Å². The van der Waals surface area contributed by atoms with E-state index in [2.05, 4.69) is 34.5 Å². The van der Waals surface area contributed by atoms with Gasteiger partial charge in [-0.1, -0.05) is 26.0 Å². The lowest BCUT2D eigenvalue weighted by Crippen LogP contribution is -2.24. The Bertz CT molecular complexity index is 1350. The summed E-state index contributed by atoms with van der Waals surface area (Å²) in [5, 5.41) is 14.9. The molecule has 0 radical (unpaired) electrons. The van der Waals surface area contributed by atoms with Crippen molar-refractivity contribution in [3.8, 4) is 0 Å². The molecule has 1 fully saturated rings. The summed E-state index contributed by atoms with van der Waals surface area (Å²) in [5.41, 5.74) is 3.48. The second kappa shape index (κ2) is 8.91. The van der Waals surface area contributed by atoms with E-state index in [-0.39, 0.29) is 28.2 Å². The van der Waals surface area contributed by atoms with Crippen LogP contribution in [0.15, 0.2) is 41.4 Å². The molecular weight excluding hydrogens is 466 g/mol. The lowest BCUT2D eigenvalue weighted by atomic mass is 9.76. The van der Waals surface area contributed by atoms with E-state index in [0.29, 0.717) is 24.7 Å². The summed E-state index contributed by atoms with van der Waals surface area (Å²) in [6, 6.07) is 8.50. The molecular formula is C25H31N5O4S. The van der Waals surface area contributed by atoms with Crippen molar-refractivity contribution in [3.05, 3.63) is 59.0 Å². The van der Waals surface area contributed by atoms with Crippen LogP contribution in [0.4, 0.5) is 5.82 Å². The number of benzene rings is 1. The molecule has 10 heteroatoms. The number of sulfone groups is 1. The molecule has 0 spiro atoms. The Morgan fingerprint density at radius 1 is 1.31 bits per heavy atom. The van der Waals surface area contributed by atoms with Crippen LogP contribution in [-0.2, 0) is 27.4 Å². The zero-order valence-electron chi connectivity index (χ0n) is 20.2. The molecule has 2 atom stereocenters. The fourth-order valence-corrected chi connectivity index (χ4v) is 5.82. The van der Waals surface area contributed by atoms with Crippen LogP contribution in [0.3, 0.4) is 0 Å². The molecule has 2 unspecified atom stereocenters. The highest BCUT2D eigenvalue weighted by Gasteiger charge is 2.32. The first-order chi connectivity index (χ1) is 16.6. The van der Waals surface area contributed by atoms with Crippen molar-refractivity contribution in [2.45, 2.75) is 50.5 Å². The second-order valence-electron chi connectivity index (χ2n) is 10.4. The van der Waals surface area contributed by atoms with Gasteiger partial charge in [0.2, 0.25) is 0 Å². The number of nitrogens with one attached hydrogen (secondary N) is 2. The molecule has 35 heavy (non-hydrogen) atoms. The minimum atomic E-state index is -3.34. The van der Waals surface area contributed by atoms with Gasteiger partial charge in [0.05, 0.1) is 17.5 Å². The molecule has 9 nitrogen and oxygen atoms in total. The largest absolute Gasteiger partial charge is 0.381 e. The molecule has 5 rings (SSSR count). The lowest BCUT2D eigenvalue weighted by Gasteiger charge is -2.28. The summed E-state index contributed by atoms with van der Waals surface area (Å²) in [6.45, 7) is 5.66. The molecule has 1 aromatic carbocycles. The number of nitrogens with zero attached hydrogens (tertiary/aromatic N) is 3. The third-order valence-electron chi connectivity index (χ3n) is 7.05. The Hall–Kier alpha value is -2.98. The number of anilines is 1. The van der Waals surface area contributed by atoms with Crippen LogP contribution in [0.5, 0.6) is 0 Å². The average Bonchev–Trinajstić information content (AvgIpc) is 3.54. The topological polar surface area (TPSA) is 119 Å². The van der Waals surface area contributed by atoms with Gasteiger partial charge in [-0.15, -0.1) is 0 Å². The zero-order valence-corrected chi connectivity index (χ0v) is 21.1. The van der Waals surface area contributed by atoms with Gasteiger partial charge in [-0.25, -0.2) is 8.42 Å². The summed E-state index contributed by atoms with van der Waals surface area (Å²) in [6.07, 6.45) is 6.55. The highest BCUT2D eigenvalue weighted by Crippen LogP contribution is 2.36. The van der Waals surface area contributed by atoms with Crippen LogP contribution in [0.25, 0.3) is 0 Å². The molecule has 2 aromatic heterocycles. The predicted molar refractivity (Wildman–Crippen MR) is 131 cm³/mol. The Kier molecular flexibility index (Phi) is 6.04. The Morgan fingerprint density at radius 3 is 2.89 bits per heavy atom. The van der Waals surface area contributed by atoms with E-state index < -0.39 is 9.84 Å². The third-order valence-corrected chi connectivity index (χ3v) is 8.16. The molecule has 1 aliphatic carbocycles. The number of carbonyl (C=O) groups excluding carboxylic acids is 1. The van der Waals surface area contributed by atoms with Gasteiger partial charge in [-0.3, -0.25) is 14.6 Å². The summed E-state index contributed by atoms with van der Waals surface area (Å²) < 4.78 is 31.7. The number of aromatic nitrogens is 4. The fraction of sp³-hybridized carbons (Fsp3) is 0.480. The number of amides is 1. The van der Waals surface area contributed by atoms with Gasteiger partial charge in [0.25, 0.3) is 5.91 Å². The van der Waals surface area contributed by atoms with E-state index >= 15 is 0 Å². The summed E-state index contributed by atoms with van der Waals surface area (Å²) in [7, 11) is -3.34. The molecule has 3 heterocycles. The number of aromatic amines is 1. The van der Waals surface area contributed by atoms with E-state index in [4.69, 9.17) is 4.74 Å². The van der Waals surface area contributed by atoms with E-state index in [1.807, 2.05) is 12.3 Å². The van der Waals surface area contributed by atoms with Gasteiger partial charge in [-0.05, 0) is 48.8 Å². The average molecular weight is 498 g/mol. The first-order valence-corrected chi connectivity index (χ1v) is 13.8. The summed E-state index contributed by atoms with van der Waals surface area (Å²) >= 11 is 0. The van der Waals surface area contributed by atoms with E-state index in [0.717, 1.165) is 42.5 Å². The maximum absolute atomic E-state index is 13.0. The van der Waals surface area contributed by atoms with E-state index in [1.165, 1.54) is 6.26 Å². The molecule has 1 aliphatic heterocycles. The zero-order chi connectivity index (χ0) is 24.8. The minimum Gasteiger partial charge on any atom is -0.381 e. The number of hydrogen-bond acceptors (Lipinski definition) is 6. The Morgan fingerprint density at radius 2 is 2.14 bits per heavy atom. The van der Waals surface area contributed by atoms with Crippen molar-refractivity contribution in [2.24, 2.45) is 11.3 Å². The number of fused-ring (bicyclic) bond motifs is 1. The number of ether oxygens (including phenoxy) is 1. The number of carbonyl (C=O) groups is 1. The van der Waals surface area contributed by atoms with Crippen molar-refractivity contribution in [1.82, 2.24) is 20.0 Å². The number of rotatable bonds is 6. The standard InChI is InChI=1S/C25H31N5O4S/c1-25(2)10-7-19-20(14-25)27-28-22(19)24(31)26-21-8-11-30(29-21)23(17-9-12-34-15-17)16-5-4-6-18(13-16)35(3,32)33/h4-6,8,11,13,17,23H,7,9-10,12,14-15H2,1-3H3,(H,27,28)(H,26,29,31). The van der Waals surface area contributed by atoms with Crippen LogP contribution in [0, 0.1) is 11.3 Å². The van der Waals surface area contributed by atoms with Crippen molar-refractivity contribution in [2.75, 3.05) is 24.8 Å². The highest BCUT2D eigenvalue weighted by atomic mass is 32.2. The van der Waals surface area contributed by atoms with Crippen molar-refractivity contribution in [3.63, 3.8) is 0 Å².